The van der Waals surface area contributed by atoms with Gasteiger partial charge < -0.3 is 4.84 Å². The first kappa shape index (κ1) is 19.3. The minimum absolute atomic E-state index is 0.118. The number of rotatable bonds is 3. The Morgan fingerprint density at radius 1 is 0.806 bits per heavy atom. The van der Waals surface area contributed by atoms with E-state index in [9.17, 15) is 4.79 Å². The summed E-state index contributed by atoms with van der Waals surface area (Å²) in [6.45, 7) is 5.87. The number of benzene rings is 4. The Hall–Kier alpha value is -3.72. The molecule has 1 aliphatic rings. The van der Waals surface area contributed by atoms with Crippen molar-refractivity contribution < 1.29 is 9.63 Å². The van der Waals surface area contributed by atoms with E-state index in [4.69, 9.17) is 4.84 Å². The van der Waals surface area contributed by atoms with Crippen molar-refractivity contribution in [3.8, 4) is 11.1 Å². The summed E-state index contributed by atoms with van der Waals surface area (Å²) in [6.07, 6.45) is 0. The normalized spacial score (nSPS) is 14.2. The van der Waals surface area contributed by atoms with Crippen LogP contribution >= 0.6 is 0 Å². The van der Waals surface area contributed by atoms with Gasteiger partial charge in [0.15, 0.2) is 0 Å². The molecule has 0 saturated heterocycles. The average molecular weight is 405 g/mol. The highest BCUT2D eigenvalue weighted by Crippen LogP contribution is 2.48. The molecule has 31 heavy (non-hydrogen) atoms. The van der Waals surface area contributed by atoms with Gasteiger partial charge >= 0.3 is 5.97 Å². The molecular formula is C28H23NO2. The molecule has 152 valence electrons. The lowest BCUT2D eigenvalue weighted by atomic mass is 9.81. The molecular weight excluding hydrogens is 382 g/mol. The number of fused-ring (bicyclic) bond motifs is 4. The van der Waals surface area contributed by atoms with Gasteiger partial charge in [0.2, 0.25) is 0 Å². The Morgan fingerprint density at radius 3 is 2.35 bits per heavy atom. The summed E-state index contributed by atoms with van der Waals surface area (Å²) < 4.78 is 0. The van der Waals surface area contributed by atoms with Crippen molar-refractivity contribution in [3.05, 3.63) is 107 Å². The second kappa shape index (κ2) is 7.21. The van der Waals surface area contributed by atoms with Crippen molar-refractivity contribution in [2.45, 2.75) is 26.2 Å². The second-order valence-electron chi connectivity index (χ2n) is 8.48. The van der Waals surface area contributed by atoms with Crippen molar-refractivity contribution in [2.24, 2.45) is 5.16 Å². The van der Waals surface area contributed by atoms with Gasteiger partial charge in [0.05, 0.1) is 0 Å². The highest BCUT2D eigenvalue weighted by Gasteiger charge is 2.35. The number of nitrogens with zero attached hydrogens (tertiary/aromatic N) is 1. The van der Waals surface area contributed by atoms with E-state index in [0.29, 0.717) is 5.71 Å². The van der Waals surface area contributed by atoms with Crippen LogP contribution < -0.4 is 0 Å². The summed E-state index contributed by atoms with van der Waals surface area (Å²) in [6, 6.07) is 29.3. The SMILES string of the molecule is CC(=O)O/N=C(/c1ccc2c(c1)C(C)(C)c1ccccc1-2)c1cccc2ccccc12. The van der Waals surface area contributed by atoms with Crippen molar-refractivity contribution in [3.63, 3.8) is 0 Å². The lowest BCUT2D eigenvalue weighted by Gasteiger charge is -2.22. The van der Waals surface area contributed by atoms with Crippen LogP contribution in [-0.4, -0.2) is 11.7 Å². The first-order valence-electron chi connectivity index (χ1n) is 10.5. The summed E-state index contributed by atoms with van der Waals surface area (Å²) >= 11 is 0. The summed E-state index contributed by atoms with van der Waals surface area (Å²) in [4.78, 5) is 16.7. The van der Waals surface area contributed by atoms with Crippen molar-refractivity contribution in [1.82, 2.24) is 0 Å². The van der Waals surface area contributed by atoms with E-state index in [2.05, 4.69) is 79.7 Å². The molecule has 0 unspecified atom stereocenters. The molecule has 4 aromatic rings. The highest BCUT2D eigenvalue weighted by molar-refractivity contribution is 6.19. The molecule has 0 N–H and O–H groups in total. The van der Waals surface area contributed by atoms with Gasteiger partial charge in [-0.15, -0.1) is 0 Å². The third kappa shape index (κ3) is 3.14. The van der Waals surface area contributed by atoms with Crippen LogP contribution in [0.2, 0.25) is 0 Å². The fourth-order valence-corrected chi connectivity index (χ4v) is 4.65. The maximum atomic E-state index is 11.6. The molecule has 0 aliphatic heterocycles. The summed E-state index contributed by atoms with van der Waals surface area (Å²) in [5, 5.41) is 6.49. The minimum Gasteiger partial charge on any atom is -0.318 e. The third-order valence-corrected chi connectivity index (χ3v) is 6.17. The van der Waals surface area contributed by atoms with Gasteiger partial charge in [-0.1, -0.05) is 97.9 Å². The molecule has 0 fully saturated rings. The minimum atomic E-state index is -0.438. The summed E-state index contributed by atoms with van der Waals surface area (Å²) in [7, 11) is 0. The molecule has 0 saturated carbocycles. The van der Waals surface area contributed by atoms with E-state index >= 15 is 0 Å². The van der Waals surface area contributed by atoms with Crippen LogP contribution in [0.3, 0.4) is 0 Å². The predicted octanol–water partition coefficient (Wildman–Crippen LogP) is 6.46. The van der Waals surface area contributed by atoms with E-state index in [0.717, 1.165) is 21.9 Å². The third-order valence-electron chi connectivity index (χ3n) is 6.17. The number of hydrogen-bond acceptors (Lipinski definition) is 3. The Morgan fingerprint density at radius 2 is 1.52 bits per heavy atom. The maximum Gasteiger partial charge on any atom is 0.332 e. The highest BCUT2D eigenvalue weighted by atomic mass is 16.7. The van der Waals surface area contributed by atoms with Gasteiger partial charge in [0.25, 0.3) is 0 Å². The Bertz CT molecular complexity index is 1360. The first-order valence-corrected chi connectivity index (χ1v) is 10.5. The monoisotopic (exact) mass is 405 g/mol. The van der Waals surface area contributed by atoms with Crippen LogP contribution in [0.4, 0.5) is 0 Å². The maximum absolute atomic E-state index is 11.6. The van der Waals surface area contributed by atoms with Crippen LogP contribution in [0.1, 0.15) is 43.0 Å². The first-order chi connectivity index (χ1) is 15.0. The largest absolute Gasteiger partial charge is 0.332 e. The lowest BCUT2D eigenvalue weighted by molar-refractivity contribution is -0.140. The second-order valence-corrected chi connectivity index (χ2v) is 8.48. The van der Waals surface area contributed by atoms with E-state index in [1.807, 2.05) is 24.3 Å². The smallest absolute Gasteiger partial charge is 0.318 e. The molecule has 3 nitrogen and oxygen atoms in total. The molecule has 0 amide bonds. The summed E-state index contributed by atoms with van der Waals surface area (Å²) in [5.74, 6) is -0.438. The molecule has 1 aliphatic carbocycles. The van der Waals surface area contributed by atoms with Crippen LogP contribution in [0.15, 0.2) is 90.1 Å². The Balaban J connectivity index is 1.72. The molecule has 3 heteroatoms. The molecule has 0 atom stereocenters. The zero-order valence-corrected chi connectivity index (χ0v) is 17.8. The number of oxime groups is 1. The van der Waals surface area contributed by atoms with E-state index in [1.165, 1.54) is 29.2 Å². The Kier molecular flexibility index (Phi) is 4.48. The number of hydrogen-bond donors (Lipinski definition) is 0. The van der Waals surface area contributed by atoms with Crippen molar-refractivity contribution in [1.29, 1.82) is 0 Å². The molecule has 4 aromatic carbocycles. The van der Waals surface area contributed by atoms with Crippen molar-refractivity contribution in [2.75, 3.05) is 0 Å². The van der Waals surface area contributed by atoms with Crippen molar-refractivity contribution >= 4 is 22.5 Å². The lowest BCUT2D eigenvalue weighted by Crippen LogP contribution is -2.16. The molecule has 0 spiro atoms. The van der Waals surface area contributed by atoms with Gasteiger partial charge in [-0.2, -0.15) is 0 Å². The van der Waals surface area contributed by atoms with Crippen LogP contribution in [0.5, 0.6) is 0 Å². The van der Waals surface area contributed by atoms with E-state index < -0.39 is 5.97 Å². The average Bonchev–Trinajstić information content (AvgIpc) is 3.01. The quantitative estimate of drug-likeness (QED) is 0.223. The van der Waals surface area contributed by atoms with Crippen LogP contribution in [-0.2, 0) is 15.0 Å². The van der Waals surface area contributed by atoms with Gasteiger partial charge in [0, 0.05) is 23.5 Å². The van der Waals surface area contributed by atoms with Gasteiger partial charge in [-0.05, 0) is 39.1 Å². The topological polar surface area (TPSA) is 38.7 Å². The predicted molar refractivity (Wildman–Crippen MR) is 125 cm³/mol. The van der Waals surface area contributed by atoms with E-state index in [1.54, 1.807) is 0 Å². The number of carbonyl (C=O) groups excluding carboxylic acids is 1. The molecule has 0 heterocycles. The fraction of sp³-hybridized carbons (Fsp3) is 0.143. The van der Waals surface area contributed by atoms with Crippen LogP contribution in [0, 0.1) is 0 Å². The summed E-state index contributed by atoms with van der Waals surface area (Å²) in [5.41, 5.74) is 7.50. The van der Waals surface area contributed by atoms with Crippen LogP contribution in [0.25, 0.3) is 21.9 Å². The molecule has 0 aromatic heterocycles. The zero-order chi connectivity index (χ0) is 21.6. The van der Waals surface area contributed by atoms with Gasteiger partial charge in [0.1, 0.15) is 5.71 Å². The van der Waals surface area contributed by atoms with Gasteiger partial charge in [-0.25, -0.2) is 4.79 Å². The standard InChI is InChI=1S/C28H23NO2/c1-18(30)31-29-27(24-13-8-10-19-9-4-5-11-21(19)24)20-15-16-23-22-12-6-7-14-25(22)28(2,3)26(23)17-20/h4-17H,1-3H3/b29-27-. The fourth-order valence-electron chi connectivity index (χ4n) is 4.65. The molecule has 5 rings (SSSR count). The van der Waals surface area contributed by atoms with Gasteiger partial charge in [-0.3, -0.25) is 0 Å². The zero-order valence-electron chi connectivity index (χ0n) is 17.8. The van der Waals surface area contributed by atoms with E-state index in [-0.39, 0.29) is 5.41 Å². The molecule has 0 radical (unpaired) electrons. The Labute approximate surface area is 182 Å². The molecule has 0 bridgehead atoms. The number of carbonyl (C=O) groups is 1.